The highest BCUT2D eigenvalue weighted by Crippen LogP contribution is 2.34. The lowest BCUT2D eigenvalue weighted by atomic mass is 10.2. The van der Waals surface area contributed by atoms with Gasteiger partial charge in [0.05, 0.1) is 24.1 Å². The molecule has 0 unspecified atom stereocenters. The van der Waals surface area contributed by atoms with Gasteiger partial charge in [-0.3, -0.25) is 18.9 Å². The molecular formula is C22H20N4O3S2. The van der Waals surface area contributed by atoms with E-state index < -0.39 is 0 Å². The minimum atomic E-state index is -0.248. The second-order valence-electron chi connectivity index (χ2n) is 6.75. The van der Waals surface area contributed by atoms with Crippen LogP contribution in [-0.2, 0) is 11.3 Å². The first-order valence-corrected chi connectivity index (χ1v) is 10.9. The van der Waals surface area contributed by atoms with Crippen molar-refractivity contribution in [2.24, 2.45) is 0 Å². The average molecular weight is 453 g/mol. The van der Waals surface area contributed by atoms with Gasteiger partial charge in [0, 0.05) is 12.7 Å². The van der Waals surface area contributed by atoms with E-state index in [2.05, 4.69) is 10.3 Å². The molecule has 7 nitrogen and oxygen atoms in total. The van der Waals surface area contributed by atoms with Crippen LogP contribution in [-0.4, -0.2) is 38.2 Å². The van der Waals surface area contributed by atoms with Crippen LogP contribution in [0.3, 0.4) is 0 Å². The van der Waals surface area contributed by atoms with Crippen LogP contribution in [0.1, 0.15) is 18.1 Å². The zero-order chi connectivity index (χ0) is 22.0. The molecule has 0 atom stereocenters. The average Bonchev–Trinajstić information content (AvgIpc) is 3.04. The zero-order valence-corrected chi connectivity index (χ0v) is 18.6. The predicted octanol–water partition coefficient (Wildman–Crippen LogP) is 3.54. The van der Waals surface area contributed by atoms with Gasteiger partial charge < -0.3 is 10.1 Å². The second kappa shape index (κ2) is 8.91. The standard InChI is InChI=1S/C22H20N4O3S2/c1-3-23-19-16(20(27)25-11-5-4-6-18(25)24-19)12-17-21(28)26(22(30)31-17)13-14-7-9-15(29-2)10-8-14/h4-12,23H,3,13H2,1-2H3. The Hall–Kier alpha value is -3.17. The Balaban J connectivity index is 1.69. The largest absolute Gasteiger partial charge is 0.497 e. The van der Waals surface area contributed by atoms with E-state index in [1.807, 2.05) is 37.3 Å². The molecule has 1 aliphatic rings. The Morgan fingerprint density at radius 3 is 2.68 bits per heavy atom. The lowest BCUT2D eigenvalue weighted by Crippen LogP contribution is -2.27. The van der Waals surface area contributed by atoms with Gasteiger partial charge in [-0.25, -0.2) is 4.98 Å². The number of fused-ring (bicyclic) bond motifs is 1. The van der Waals surface area contributed by atoms with E-state index in [0.29, 0.717) is 39.3 Å². The molecule has 158 valence electrons. The molecule has 1 saturated heterocycles. The predicted molar refractivity (Wildman–Crippen MR) is 127 cm³/mol. The smallest absolute Gasteiger partial charge is 0.267 e. The molecule has 9 heteroatoms. The molecule has 2 aromatic heterocycles. The molecule has 3 heterocycles. The molecule has 1 fully saturated rings. The van der Waals surface area contributed by atoms with E-state index in [1.165, 1.54) is 21.1 Å². The van der Waals surface area contributed by atoms with Gasteiger partial charge in [-0.1, -0.05) is 42.2 Å². The van der Waals surface area contributed by atoms with Crippen LogP contribution in [0.15, 0.2) is 58.4 Å². The number of ether oxygens (including phenoxy) is 1. The highest BCUT2D eigenvalue weighted by molar-refractivity contribution is 8.26. The number of pyridine rings is 1. The van der Waals surface area contributed by atoms with E-state index in [-0.39, 0.29) is 11.5 Å². The van der Waals surface area contributed by atoms with Crippen LogP contribution in [0, 0.1) is 0 Å². The number of benzene rings is 1. The Labute approximate surface area is 188 Å². The number of aromatic nitrogens is 2. The minimum Gasteiger partial charge on any atom is -0.497 e. The fourth-order valence-corrected chi connectivity index (χ4v) is 4.45. The Morgan fingerprint density at radius 1 is 1.19 bits per heavy atom. The van der Waals surface area contributed by atoms with Gasteiger partial charge in [0.1, 0.15) is 21.5 Å². The molecule has 0 bridgehead atoms. The van der Waals surface area contributed by atoms with Crippen LogP contribution >= 0.6 is 24.0 Å². The molecular weight excluding hydrogens is 432 g/mol. The van der Waals surface area contributed by atoms with Gasteiger partial charge in [0.25, 0.3) is 11.5 Å². The molecule has 1 N–H and O–H groups in total. The summed E-state index contributed by atoms with van der Waals surface area (Å²) in [5, 5.41) is 3.12. The molecule has 0 spiro atoms. The first-order chi connectivity index (χ1) is 15.0. The van der Waals surface area contributed by atoms with Gasteiger partial charge >= 0.3 is 0 Å². The number of nitrogens with zero attached hydrogens (tertiary/aromatic N) is 3. The van der Waals surface area contributed by atoms with Crippen LogP contribution in [0.5, 0.6) is 5.75 Å². The zero-order valence-electron chi connectivity index (χ0n) is 17.0. The fraction of sp³-hybridized carbons (Fsp3) is 0.182. The van der Waals surface area contributed by atoms with Gasteiger partial charge in [-0.2, -0.15) is 0 Å². The van der Waals surface area contributed by atoms with Crippen LogP contribution in [0.25, 0.3) is 11.7 Å². The summed E-state index contributed by atoms with van der Waals surface area (Å²) in [7, 11) is 1.60. The van der Waals surface area contributed by atoms with Gasteiger partial charge in [-0.15, -0.1) is 0 Å². The third-order valence-electron chi connectivity index (χ3n) is 4.76. The van der Waals surface area contributed by atoms with Crippen molar-refractivity contribution in [1.29, 1.82) is 0 Å². The first-order valence-electron chi connectivity index (χ1n) is 9.65. The quantitative estimate of drug-likeness (QED) is 0.453. The summed E-state index contributed by atoms with van der Waals surface area (Å²) in [6.07, 6.45) is 3.24. The number of nitrogens with one attached hydrogen (secondary N) is 1. The number of amides is 1. The SMILES string of the molecule is CCNc1nc2ccccn2c(=O)c1C=C1SC(=S)N(Cc2ccc(OC)cc2)C1=O. The number of anilines is 1. The van der Waals surface area contributed by atoms with Crippen molar-refractivity contribution in [2.75, 3.05) is 19.0 Å². The van der Waals surface area contributed by atoms with Crippen molar-refractivity contribution < 1.29 is 9.53 Å². The van der Waals surface area contributed by atoms with Crippen molar-refractivity contribution in [3.63, 3.8) is 0 Å². The Morgan fingerprint density at radius 2 is 1.97 bits per heavy atom. The number of hydrogen-bond acceptors (Lipinski definition) is 7. The molecule has 1 aromatic carbocycles. The number of carbonyl (C=O) groups is 1. The third-order valence-corrected chi connectivity index (χ3v) is 6.14. The maximum atomic E-state index is 13.1. The summed E-state index contributed by atoms with van der Waals surface area (Å²) in [6, 6.07) is 12.8. The molecule has 0 radical (unpaired) electrons. The maximum Gasteiger partial charge on any atom is 0.267 e. The first kappa shape index (κ1) is 21.1. The van der Waals surface area contributed by atoms with Crippen molar-refractivity contribution in [1.82, 2.24) is 14.3 Å². The van der Waals surface area contributed by atoms with E-state index in [0.717, 1.165) is 11.3 Å². The van der Waals surface area contributed by atoms with E-state index in [1.54, 1.807) is 31.5 Å². The van der Waals surface area contributed by atoms with Crippen LogP contribution in [0.4, 0.5) is 5.82 Å². The number of methoxy groups -OCH3 is 1. The van der Waals surface area contributed by atoms with Crippen LogP contribution < -0.4 is 15.6 Å². The number of rotatable bonds is 6. The molecule has 3 aromatic rings. The van der Waals surface area contributed by atoms with Crippen molar-refractivity contribution >= 4 is 51.7 Å². The lowest BCUT2D eigenvalue weighted by Gasteiger charge is -2.14. The van der Waals surface area contributed by atoms with Crippen molar-refractivity contribution in [3.8, 4) is 5.75 Å². The lowest BCUT2D eigenvalue weighted by molar-refractivity contribution is -0.122. The van der Waals surface area contributed by atoms with E-state index in [9.17, 15) is 9.59 Å². The van der Waals surface area contributed by atoms with E-state index >= 15 is 0 Å². The summed E-state index contributed by atoms with van der Waals surface area (Å²) in [6.45, 7) is 2.86. The summed E-state index contributed by atoms with van der Waals surface area (Å²) >= 11 is 6.63. The number of hydrogen-bond donors (Lipinski definition) is 1. The minimum absolute atomic E-state index is 0.231. The number of thioether (sulfide) groups is 1. The molecule has 1 amide bonds. The normalized spacial score (nSPS) is 15.2. The highest BCUT2D eigenvalue weighted by atomic mass is 32.2. The molecule has 31 heavy (non-hydrogen) atoms. The van der Waals surface area contributed by atoms with E-state index in [4.69, 9.17) is 17.0 Å². The summed E-state index contributed by atoms with van der Waals surface area (Å²) < 4.78 is 7.09. The Kier molecular flexibility index (Phi) is 6.06. The maximum absolute atomic E-state index is 13.1. The fourth-order valence-electron chi connectivity index (χ4n) is 3.22. The van der Waals surface area contributed by atoms with Gasteiger partial charge in [-0.05, 0) is 42.8 Å². The highest BCUT2D eigenvalue weighted by Gasteiger charge is 2.32. The monoisotopic (exact) mass is 452 g/mol. The molecule has 0 saturated carbocycles. The summed E-state index contributed by atoms with van der Waals surface area (Å²) in [5.74, 6) is 0.958. The van der Waals surface area contributed by atoms with Crippen molar-refractivity contribution in [2.45, 2.75) is 13.5 Å². The molecule has 0 aliphatic carbocycles. The third kappa shape index (κ3) is 4.19. The number of carbonyl (C=O) groups excluding carboxylic acids is 1. The topological polar surface area (TPSA) is 75.9 Å². The summed E-state index contributed by atoms with van der Waals surface area (Å²) in [5.41, 5.74) is 1.55. The van der Waals surface area contributed by atoms with Crippen LogP contribution in [0.2, 0.25) is 0 Å². The van der Waals surface area contributed by atoms with Gasteiger partial charge in [0.2, 0.25) is 0 Å². The molecule has 4 rings (SSSR count). The number of thiocarbonyl (C=S) groups is 1. The Bertz CT molecular complexity index is 1250. The molecule has 1 aliphatic heterocycles. The summed E-state index contributed by atoms with van der Waals surface area (Å²) in [4.78, 5) is 32.6. The second-order valence-corrected chi connectivity index (χ2v) is 8.43. The van der Waals surface area contributed by atoms with Gasteiger partial charge in [0.15, 0.2) is 0 Å². The van der Waals surface area contributed by atoms with Crippen molar-refractivity contribution in [3.05, 3.63) is 75.0 Å².